The first-order valence-electron chi connectivity index (χ1n) is 6.21. The van der Waals surface area contributed by atoms with Crippen LogP contribution in [0.3, 0.4) is 0 Å². The normalized spacial score (nSPS) is 18.3. The lowest BCUT2D eigenvalue weighted by Gasteiger charge is -2.15. The molecule has 0 spiro atoms. The zero-order valence-electron chi connectivity index (χ0n) is 10.2. The first-order valence-corrected chi connectivity index (χ1v) is 7.76. The molecule has 2 N–H and O–H groups in total. The lowest BCUT2D eigenvalue weighted by molar-refractivity contribution is 0.176. The van der Waals surface area contributed by atoms with Crippen LogP contribution in [-0.4, -0.2) is 19.5 Å². The van der Waals surface area contributed by atoms with Crippen molar-refractivity contribution in [3.05, 3.63) is 18.3 Å². The summed E-state index contributed by atoms with van der Waals surface area (Å²) >= 11 is 0. The van der Waals surface area contributed by atoms with Crippen LogP contribution in [0.2, 0.25) is 0 Å². The SMILES string of the molecule is NS(=O)(=O)c1ccc(OC2CCCCCC2)nc1. The van der Waals surface area contributed by atoms with Crippen molar-refractivity contribution in [2.75, 3.05) is 0 Å². The second-order valence-electron chi connectivity index (χ2n) is 4.61. The van der Waals surface area contributed by atoms with Crippen molar-refractivity contribution in [2.24, 2.45) is 5.14 Å². The Hall–Kier alpha value is -1.14. The van der Waals surface area contributed by atoms with E-state index in [1.807, 2.05) is 0 Å². The Labute approximate surface area is 107 Å². The van der Waals surface area contributed by atoms with Crippen LogP contribution in [0, 0.1) is 0 Å². The monoisotopic (exact) mass is 270 g/mol. The van der Waals surface area contributed by atoms with Crippen molar-refractivity contribution >= 4 is 10.0 Å². The van der Waals surface area contributed by atoms with Gasteiger partial charge in [-0.05, 0) is 31.7 Å². The Bertz CT molecular complexity index is 477. The molecule has 2 rings (SSSR count). The van der Waals surface area contributed by atoms with Gasteiger partial charge in [0.15, 0.2) is 0 Å². The Morgan fingerprint density at radius 3 is 2.33 bits per heavy atom. The average Bonchev–Trinajstić information content (AvgIpc) is 2.57. The Morgan fingerprint density at radius 2 is 1.83 bits per heavy atom. The number of hydrogen-bond donors (Lipinski definition) is 1. The Morgan fingerprint density at radius 1 is 1.17 bits per heavy atom. The van der Waals surface area contributed by atoms with E-state index >= 15 is 0 Å². The summed E-state index contributed by atoms with van der Waals surface area (Å²) in [5.41, 5.74) is 0. The van der Waals surface area contributed by atoms with E-state index in [0.29, 0.717) is 5.88 Å². The smallest absolute Gasteiger partial charge is 0.239 e. The molecule has 0 aromatic carbocycles. The third-order valence-corrected chi connectivity index (χ3v) is 4.03. The molecule has 5 nitrogen and oxygen atoms in total. The standard InChI is InChI=1S/C12H18N2O3S/c13-18(15,16)11-7-8-12(14-9-11)17-10-5-3-1-2-4-6-10/h7-10H,1-6H2,(H2,13,15,16). The highest BCUT2D eigenvalue weighted by atomic mass is 32.2. The van der Waals surface area contributed by atoms with Crippen LogP contribution in [0.5, 0.6) is 5.88 Å². The van der Waals surface area contributed by atoms with Gasteiger partial charge >= 0.3 is 0 Å². The van der Waals surface area contributed by atoms with Gasteiger partial charge in [-0.3, -0.25) is 0 Å². The zero-order valence-corrected chi connectivity index (χ0v) is 11.0. The van der Waals surface area contributed by atoms with Crippen molar-refractivity contribution < 1.29 is 13.2 Å². The van der Waals surface area contributed by atoms with E-state index in [0.717, 1.165) is 12.8 Å². The van der Waals surface area contributed by atoms with Crippen LogP contribution >= 0.6 is 0 Å². The van der Waals surface area contributed by atoms with Crippen molar-refractivity contribution in [1.82, 2.24) is 4.98 Å². The quantitative estimate of drug-likeness (QED) is 0.849. The van der Waals surface area contributed by atoms with Crippen LogP contribution < -0.4 is 9.88 Å². The van der Waals surface area contributed by atoms with Gasteiger partial charge in [0, 0.05) is 6.07 Å². The molecule has 1 fully saturated rings. The summed E-state index contributed by atoms with van der Waals surface area (Å²) in [5, 5.41) is 5.00. The van der Waals surface area contributed by atoms with Crippen LogP contribution in [-0.2, 0) is 10.0 Å². The predicted molar refractivity (Wildman–Crippen MR) is 67.7 cm³/mol. The number of nitrogens with two attached hydrogens (primary N) is 1. The van der Waals surface area contributed by atoms with Gasteiger partial charge in [0.05, 0.1) is 6.20 Å². The van der Waals surface area contributed by atoms with Gasteiger partial charge in [0.1, 0.15) is 11.0 Å². The predicted octanol–water partition coefficient (Wildman–Crippen LogP) is 1.83. The van der Waals surface area contributed by atoms with Gasteiger partial charge in [0.2, 0.25) is 15.9 Å². The molecule has 1 saturated carbocycles. The third-order valence-electron chi connectivity index (χ3n) is 3.13. The highest BCUT2D eigenvalue weighted by molar-refractivity contribution is 7.89. The average molecular weight is 270 g/mol. The summed E-state index contributed by atoms with van der Waals surface area (Å²) in [6.45, 7) is 0. The molecule has 100 valence electrons. The van der Waals surface area contributed by atoms with Crippen LogP contribution in [0.1, 0.15) is 38.5 Å². The van der Waals surface area contributed by atoms with Gasteiger partial charge in [-0.1, -0.05) is 12.8 Å². The minimum Gasteiger partial charge on any atom is -0.474 e. The lowest BCUT2D eigenvalue weighted by atomic mass is 10.1. The fourth-order valence-corrected chi connectivity index (χ4v) is 2.59. The minimum atomic E-state index is -3.68. The number of pyridine rings is 1. The van der Waals surface area contributed by atoms with E-state index in [1.54, 1.807) is 6.07 Å². The lowest BCUT2D eigenvalue weighted by Crippen LogP contribution is -2.16. The molecular weight excluding hydrogens is 252 g/mol. The second-order valence-corrected chi connectivity index (χ2v) is 6.17. The maximum Gasteiger partial charge on any atom is 0.239 e. The molecule has 0 bridgehead atoms. The largest absolute Gasteiger partial charge is 0.474 e. The maximum atomic E-state index is 11.1. The third kappa shape index (κ3) is 3.68. The van der Waals surface area contributed by atoms with Crippen molar-refractivity contribution in [3.8, 4) is 5.88 Å². The molecule has 0 unspecified atom stereocenters. The van der Waals surface area contributed by atoms with Crippen LogP contribution in [0.25, 0.3) is 0 Å². The summed E-state index contributed by atoms with van der Waals surface area (Å²) in [4.78, 5) is 4.00. The van der Waals surface area contributed by atoms with E-state index in [2.05, 4.69) is 4.98 Å². The molecule has 6 heteroatoms. The summed E-state index contributed by atoms with van der Waals surface area (Å²) in [7, 11) is -3.68. The number of hydrogen-bond acceptors (Lipinski definition) is 4. The molecule has 0 radical (unpaired) electrons. The van der Waals surface area contributed by atoms with Crippen LogP contribution in [0.4, 0.5) is 0 Å². The van der Waals surface area contributed by atoms with Crippen molar-refractivity contribution in [2.45, 2.75) is 49.5 Å². The number of nitrogens with zero attached hydrogens (tertiary/aromatic N) is 1. The molecule has 1 aromatic heterocycles. The molecule has 1 heterocycles. The van der Waals surface area contributed by atoms with E-state index in [-0.39, 0.29) is 11.0 Å². The Balaban J connectivity index is 2.01. The number of rotatable bonds is 3. The van der Waals surface area contributed by atoms with E-state index in [4.69, 9.17) is 9.88 Å². The molecular formula is C12H18N2O3S. The molecule has 0 saturated heterocycles. The fourth-order valence-electron chi connectivity index (χ4n) is 2.14. The summed E-state index contributed by atoms with van der Waals surface area (Å²) in [5.74, 6) is 0.467. The van der Waals surface area contributed by atoms with Gasteiger partial charge < -0.3 is 4.74 Å². The van der Waals surface area contributed by atoms with Crippen molar-refractivity contribution in [1.29, 1.82) is 0 Å². The number of ether oxygens (including phenoxy) is 1. The number of sulfonamides is 1. The maximum absolute atomic E-state index is 11.1. The molecule has 18 heavy (non-hydrogen) atoms. The first kappa shape index (κ1) is 13.3. The highest BCUT2D eigenvalue weighted by Crippen LogP contribution is 2.22. The molecule has 0 amide bonds. The van der Waals surface area contributed by atoms with Crippen molar-refractivity contribution in [3.63, 3.8) is 0 Å². The van der Waals surface area contributed by atoms with E-state index in [9.17, 15) is 8.42 Å². The number of primary sulfonamides is 1. The molecule has 0 atom stereocenters. The van der Waals surface area contributed by atoms with Gasteiger partial charge in [-0.15, -0.1) is 0 Å². The number of aromatic nitrogens is 1. The fraction of sp³-hybridized carbons (Fsp3) is 0.583. The van der Waals surface area contributed by atoms with E-state index in [1.165, 1.54) is 37.9 Å². The summed E-state index contributed by atoms with van der Waals surface area (Å²) in [6, 6.07) is 2.99. The highest BCUT2D eigenvalue weighted by Gasteiger charge is 2.15. The minimum absolute atomic E-state index is 0.00992. The van der Waals surface area contributed by atoms with E-state index < -0.39 is 10.0 Å². The molecule has 0 aliphatic heterocycles. The van der Waals surface area contributed by atoms with Gasteiger partial charge in [0.25, 0.3) is 0 Å². The zero-order chi connectivity index (χ0) is 13.0. The second kappa shape index (κ2) is 5.67. The topological polar surface area (TPSA) is 82.3 Å². The summed E-state index contributed by atoms with van der Waals surface area (Å²) < 4.78 is 27.9. The van der Waals surface area contributed by atoms with Gasteiger partial charge in [-0.25, -0.2) is 18.5 Å². The summed E-state index contributed by atoms with van der Waals surface area (Å²) in [6.07, 6.45) is 8.40. The van der Waals surface area contributed by atoms with Gasteiger partial charge in [-0.2, -0.15) is 0 Å². The Kier molecular flexibility index (Phi) is 4.19. The molecule has 1 aliphatic carbocycles. The van der Waals surface area contributed by atoms with Crippen LogP contribution in [0.15, 0.2) is 23.2 Å². The first-order chi connectivity index (χ1) is 8.55. The molecule has 1 aromatic rings. The molecule has 1 aliphatic rings.